The molecule has 0 bridgehead atoms. The topological polar surface area (TPSA) is 127 Å². The SMILES string of the molecule is Nc1ccc(S(=O)(=O)NCCS(=O)(=O)O)cc1C(F)(F)F. The van der Waals surface area contributed by atoms with Gasteiger partial charge in [-0.15, -0.1) is 0 Å². The van der Waals surface area contributed by atoms with Crippen LogP contribution in [0.4, 0.5) is 18.9 Å². The van der Waals surface area contributed by atoms with E-state index in [1.54, 1.807) is 4.72 Å². The molecule has 4 N–H and O–H groups in total. The zero-order chi connectivity index (χ0) is 16.5. The number of sulfonamides is 1. The molecule has 0 fully saturated rings. The van der Waals surface area contributed by atoms with E-state index in [-0.39, 0.29) is 0 Å². The van der Waals surface area contributed by atoms with Crippen LogP contribution in [0.3, 0.4) is 0 Å². The molecule has 12 heteroatoms. The fourth-order valence-corrected chi connectivity index (χ4v) is 2.88. The summed E-state index contributed by atoms with van der Waals surface area (Å²) in [7, 11) is -8.76. The van der Waals surface area contributed by atoms with Crippen LogP contribution in [0.25, 0.3) is 0 Å². The zero-order valence-corrected chi connectivity index (χ0v) is 11.9. The number of nitrogens with one attached hydrogen (secondary N) is 1. The van der Waals surface area contributed by atoms with Crippen LogP contribution in [-0.4, -0.2) is 33.7 Å². The minimum absolute atomic E-state index is 0.338. The lowest BCUT2D eigenvalue weighted by Crippen LogP contribution is -2.29. The van der Waals surface area contributed by atoms with E-state index in [2.05, 4.69) is 0 Å². The number of nitrogens with two attached hydrogens (primary N) is 1. The standard InChI is InChI=1S/C9H11F3N2O5S2/c10-9(11,12)7-5-6(1-2-8(7)13)21(18,19)14-3-4-20(15,16)17/h1-2,5,14H,3-4,13H2,(H,15,16,17). The molecule has 1 rings (SSSR count). The van der Waals surface area contributed by atoms with Crippen molar-refractivity contribution in [3.05, 3.63) is 23.8 Å². The summed E-state index contributed by atoms with van der Waals surface area (Å²) in [5.41, 5.74) is 3.17. The molecule has 0 aliphatic rings. The zero-order valence-electron chi connectivity index (χ0n) is 10.3. The van der Waals surface area contributed by atoms with E-state index in [9.17, 15) is 30.0 Å². The molecular formula is C9H11F3N2O5S2. The third-order valence-corrected chi connectivity index (χ3v) is 4.47. The number of alkyl halides is 3. The highest BCUT2D eigenvalue weighted by atomic mass is 32.2. The molecule has 120 valence electrons. The highest BCUT2D eigenvalue weighted by Crippen LogP contribution is 2.34. The lowest BCUT2D eigenvalue weighted by atomic mass is 10.2. The fourth-order valence-electron chi connectivity index (χ4n) is 1.34. The Kier molecular flexibility index (Phi) is 4.87. The summed E-state index contributed by atoms with van der Waals surface area (Å²) in [4.78, 5) is -0.723. The van der Waals surface area contributed by atoms with Crippen molar-refractivity contribution < 1.29 is 34.6 Å². The first-order valence-corrected chi connectivity index (χ1v) is 8.34. The molecule has 0 heterocycles. The molecule has 21 heavy (non-hydrogen) atoms. The van der Waals surface area contributed by atoms with E-state index >= 15 is 0 Å². The van der Waals surface area contributed by atoms with Gasteiger partial charge in [0.1, 0.15) is 0 Å². The average Bonchev–Trinajstić information content (AvgIpc) is 2.25. The monoisotopic (exact) mass is 348 g/mol. The number of hydrogen-bond acceptors (Lipinski definition) is 5. The highest BCUT2D eigenvalue weighted by molar-refractivity contribution is 7.89. The van der Waals surface area contributed by atoms with E-state index in [4.69, 9.17) is 10.3 Å². The number of hydrogen-bond donors (Lipinski definition) is 3. The molecule has 0 aromatic heterocycles. The lowest BCUT2D eigenvalue weighted by Gasteiger charge is -2.12. The van der Waals surface area contributed by atoms with E-state index in [0.29, 0.717) is 6.07 Å². The van der Waals surface area contributed by atoms with Crippen LogP contribution in [0.15, 0.2) is 23.1 Å². The summed E-state index contributed by atoms with van der Waals surface area (Å²) in [6.45, 7) is -0.688. The number of halogens is 3. The van der Waals surface area contributed by atoms with Crippen molar-refractivity contribution in [2.45, 2.75) is 11.1 Å². The van der Waals surface area contributed by atoms with Gasteiger partial charge in [-0.1, -0.05) is 0 Å². The molecule has 1 aromatic rings. The minimum Gasteiger partial charge on any atom is -0.398 e. The maximum absolute atomic E-state index is 12.6. The Bertz CT molecular complexity index is 728. The molecule has 7 nitrogen and oxygen atoms in total. The Hall–Kier alpha value is -1.37. The van der Waals surface area contributed by atoms with Crippen LogP contribution >= 0.6 is 0 Å². The quantitative estimate of drug-likeness (QED) is 0.524. The molecule has 0 spiro atoms. The molecule has 0 aliphatic carbocycles. The van der Waals surface area contributed by atoms with Crippen LogP contribution in [0.2, 0.25) is 0 Å². The van der Waals surface area contributed by atoms with Gasteiger partial charge < -0.3 is 5.73 Å². The summed E-state index contributed by atoms with van der Waals surface area (Å²) >= 11 is 0. The van der Waals surface area contributed by atoms with Crippen LogP contribution < -0.4 is 10.5 Å². The van der Waals surface area contributed by atoms with Gasteiger partial charge in [0.25, 0.3) is 10.1 Å². The van der Waals surface area contributed by atoms with Crippen molar-refractivity contribution in [2.75, 3.05) is 18.0 Å². The van der Waals surface area contributed by atoms with Crippen LogP contribution in [0, 0.1) is 0 Å². The summed E-state index contributed by atoms with van der Waals surface area (Å²) in [5.74, 6) is -0.909. The van der Waals surface area contributed by atoms with Gasteiger partial charge in [0.15, 0.2) is 0 Å². The first kappa shape index (κ1) is 17.7. The average molecular weight is 348 g/mol. The van der Waals surface area contributed by atoms with Crippen molar-refractivity contribution in [1.29, 1.82) is 0 Å². The van der Waals surface area contributed by atoms with Gasteiger partial charge in [-0.2, -0.15) is 21.6 Å². The number of benzene rings is 1. The maximum Gasteiger partial charge on any atom is 0.418 e. The second kappa shape index (κ2) is 5.79. The summed E-state index contributed by atoms with van der Waals surface area (Å²) < 4.78 is 92.4. The van der Waals surface area contributed by atoms with Crippen LogP contribution in [0.5, 0.6) is 0 Å². The van der Waals surface area contributed by atoms with Gasteiger partial charge in [-0.05, 0) is 18.2 Å². The molecule has 0 amide bonds. The largest absolute Gasteiger partial charge is 0.418 e. The van der Waals surface area contributed by atoms with Gasteiger partial charge >= 0.3 is 6.18 Å². The molecule has 0 saturated heterocycles. The lowest BCUT2D eigenvalue weighted by molar-refractivity contribution is -0.137. The van der Waals surface area contributed by atoms with Crippen molar-refractivity contribution >= 4 is 25.8 Å². The van der Waals surface area contributed by atoms with Gasteiger partial charge in [0, 0.05) is 12.2 Å². The molecule has 0 atom stereocenters. The Morgan fingerprint density at radius 1 is 1.19 bits per heavy atom. The van der Waals surface area contributed by atoms with Crippen LogP contribution in [-0.2, 0) is 26.3 Å². The number of rotatable bonds is 5. The van der Waals surface area contributed by atoms with E-state index in [1.165, 1.54) is 0 Å². The van der Waals surface area contributed by atoms with E-state index in [1.807, 2.05) is 0 Å². The van der Waals surface area contributed by atoms with Crippen molar-refractivity contribution in [1.82, 2.24) is 4.72 Å². The van der Waals surface area contributed by atoms with Crippen molar-refractivity contribution in [3.63, 3.8) is 0 Å². The second-order valence-electron chi connectivity index (χ2n) is 3.93. The van der Waals surface area contributed by atoms with Gasteiger partial charge in [0.05, 0.1) is 16.2 Å². The predicted octanol–water partition coefficient (Wildman–Crippen LogP) is 0.454. The highest BCUT2D eigenvalue weighted by Gasteiger charge is 2.34. The van der Waals surface area contributed by atoms with Crippen molar-refractivity contribution in [2.24, 2.45) is 0 Å². The molecule has 0 unspecified atom stereocenters. The Balaban J connectivity index is 3.05. The summed E-state index contributed by atoms with van der Waals surface area (Å²) in [6.07, 6.45) is -4.83. The maximum atomic E-state index is 12.6. The van der Waals surface area contributed by atoms with Gasteiger partial charge in [-0.3, -0.25) is 4.55 Å². The Morgan fingerprint density at radius 3 is 2.24 bits per heavy atom. The minimum atomic E-state index is -4.83. The third-order valence-electron chi connectivity index (χ3n) is 2.29. The fraction of sp³-hybridized carbons (Fsp3) is 0.333. The summed E-state index contributed by atoms with van der Waals surface area (Å²) in [5, 5.41) is 0. The molecular weight excluding hydrogens is 337 g/mol. The van der Waals surface area contributed by atoms with Crippen molar-refractivity contribution in [3.8, 4) is 0 Å². The number of anilines is 1. The molecule has 0 radical (unpaired) electrons. The van der Waals surface area contributed by atoms with E-state index in [0.717, 1.165) is 12.1 Å². The van der Waals surface area contributed by atoms with Gasteiger partial charge in [-0.25, -0.2) is 13.1 Å². The first-order valence-electron chi connectivity index (χ1n) is 5.24. The van der Waals surface area contributed by atoms with E-state index < -0.39 is 54.8 Å². The number of nitrogen functional groups attached to an aromatic ring is 1. The third kappa shape index (κ3) is 5.15. The second-order valence-corrected chi connectivity index (χ2v) is 7.27. The Labute approximate surface area is 118 Å². The Morgan fingerprint density at radius 2 is 1.76 bits per heavy atom. The van der Waals surface area contributed by atoms with Gasteiger partial charge in [0.2, 0.25) is 10.0 Å². The normalized spacial score (nSPS) is 13.3. The predicted molar refractivity (Wildman–Crippen MR) is 67.5 cm³/mol. The molecule has 0 aliphatic heterocycles. The van der Waals surface area contributed by atoms with Crippen LogP contribution in [0.1, 0.15) is 5.56 Å². The summed E-state index contributed by atoms with van der Waals surface area (Å²) in [6, 6.07) is 1.96. The molecule has 1 aromatic carbocycles. The smallest absolute Gasteiger partial charge is 0.398 e. The molecule has 0 saturated carbocycles. The first-order chi connectivity index (χ1) is 9.33.